The summed E-state index contributed by atoms with van der Waals surface area (Å²) in [6.45, 7) is 1.03. The molecule has 1 heterocycles. The molecule has 0 fully saturated rings. The van der Waals surface area contributed by atoms with Crippen molar-refractivity contribution < 1.29 is 24.0 Å². The summed E-state index contributed by atoms with van der Waals surface area (Å²) in [4.78, 5) is 44.9. The van der Waals surface area contributed by atoms with E-state index in [9.17, 15) is 14.4 Å². The lowest BCUT2D eigenvalue weighted by atomic mass is 9.85. The molecule has 0 atom stereocenters. The van der Waals surface area contributed by atoms with Gasteiger partial charge in [-0.1, -0.05) is 55.0 Å². The molecule has 6 rings (SSSR count). The van der Waals surface area contributed by atoms with Crippen LogP contribution < -0.4 is 5.90 Å². The summed E-state index contributed by atoms with van der Waals surface area (Å²) in [6, 6.07) is 20.3. The van der Waals surface area contributed by atoms with Gasteiger partial charge >= 0.3 is 5.97 Å². The van der Waals surface area contributed by atoms with Crippen molar-refractivity contribution in [3.05, 3.63) is 71.8 Å². The van der Waals surface area contributed by atoms with E-state index in [1.165, 1.54) is 15.7 Å². The molecule has 0 spiro atoms. The van der Waals surface area contributed by atoms with Gasteiger partial charge in [0.25, 0.3) is 11.8 Å². The minimum absolute atomic E-state index is 0.236. The number of fused-ring (bicyclic) bond motifs is 2. The molecule has 7 heteroatoms. The number of hydrogen-bond donors (Lipinski definition) is 1. The molecule has 7 nitrogen and oxygen atoms in total. The number of ether oxygens (including phenoxy) is 1. The standard InChI is InChI=1S/C32H30N2O5/c33-39-19-4-1-2-12-27(35)38-18-5-3-17-34-31(36)25-15-13-23-21-10-6-8-20-9-7-11-22(28(20)21)24-14-16-26(32(34)37)30(25)29(23)24/h6-11,13-16H,1-5,12,17-19,33H2. The fraction of sp³-hybridized carbons (Fsp3) is 0.281. The van der Waals surface area contributed by atoms with Crippen molar-refractivity contribution in [2.45, 2.75) is 38.5 Å². The van der Waals surface area contributed by atoms with E-state index in [-0.39, 0.29) is 30.9 Å². The van der Waals surface area contributed by atoms with Crippen LogP contribution in [-0.2, 0) is 14.4 Å². The first-order valence-electron chi connectivity index (χ1n) is 13.6. The van der Waals surface area contributed by atoms with Crippen LogP contribution in [0.2, 0.25) is 0 Å². The van der Waals surface area contributed by atoms with Crippen LogP contribution in [0.5, 0.6) is 0 Å². The summed E-state index contributed by atoms with van der Waals surface area (Å²) in [7, 11) is 0. The Labute approximate surface area is 225 Å². The molecule has 2 N–H and O–H groups in total. The van der Waals surface area contributed by atoms with E-state index in [0.717, 1.165) is 51.6 Å². The first-order chi connectivity index (χ1) is 19.1. The van der Waals surface area contributed by atoms with E-state index >= 15 is 0 Å². The number of rotatable bonds is 11. The number of carbonyl (C=O) groups excluding carboxylic acids is 3. The summed E-state index contributed by atoms with van der Waals surface area (Å²) in [5.41, 5.74) is 1.12. The minimum Gasteiger partial charge on any atom is -0.466 e. The summed E-state index contributed by atoms with van der Waals surface area (Å²) >= 11 is 0. The van der Waals surface area contributed by atoms with Gasteiger partial charge in [0.1, 0.15) is 0 Å². The van der Waals surface area contributed by atoms with Crippen LogP contribution in [0.3, 0.4) is 0 Å². The van der Waals surface area contributed by atoms with Crippen LogP contribution in [0.4, 0.5) is 0 Å². The van der Waals surface area contributed by atoms with Gasteiger partial charge in [-0.05, 0) is 75.5 Å². The Morgan fingerprint density at radius 2 is 1.28 bits per heavy atom. The third-order valence-corrected chi connectivity index (χ3v) is 7.78. The molecule has 198 valence electrons. The summed E-state index contributed by atoms with van der Waals surface area (Å²) in [6.07, 6.45) is 3.88. The summed E-state index contributed by atoms with van der Waals surface area (Å²) in [5.74, 6) is 4.21. The molecule has 2 amide bonds. The third kappa shape index (κ3) is 4.37. The van der Waals surface area contributed by atoms with E-state index in [1.807, 2.05) is 24.3 Å². The molecule has 0 saturated heterocycles. The Balaban J connectivity index is 1.20. The second-order valence-electron chi connectivity index (χ2n) is 10.2. The lowest BCUT2D eigenvalue weighted by molar-refractivity contribution is -0.143. The van der Waals surface area contributed by atoms with Gasteiger partial charge in [-0.15, -0.1) is 0 Å². The van der Waals surface area contributed by atoms with Crippen molar-refractivity contribution >= 4 is 60.9 Å². The van der Waals surface area contributed by atoms with Gasteiger partial charge in [0.05, 0.1) is 13.2 Å². The molecule has 1 aliphatic heterocycles. The lowest BCUT2D eigenvalue weighted by Crippen LogP contribution is -2.41. The molecule has 0 unspecified atom stereocenters. The quantitative estimate of drug-likeness (QED) is 0.0561. The maximum absolute atomic E-state index is 13.5. The zero-order valence-corrected chi connectivity index (χ0v) is 21.7. The van der Waals surface area contributed by atoms with Crippen LogP contribution in [0.25, 0.3) is 43.1 Å². The predicted octanol–water partition coefficient (Wildman–Crippen LogP) is 6.11. The molecule has 0 radical (unpaired) electrons. The number of esters is 1. The molecule has 1 aliphatic rings. The van der Waals surface area contributed by atoms with E-state index in [1.54, 1.807) is 0 Å². The first-order valence-corrected chi connectivity index (χ1v) is 13.6. The number of imide groups is 1. The number of carbonyl (C=O) groups is 3. The maximum Gasteiger partial charge on any atom is 0.305 e. The van der Waals surface area contributed by atoms with Crippen molar-refractivity contribution in [1.29, 1.82) is 0 Å². The molecule has 39 heavy (non-hydrogen) atoms. The Morgan fingerprint density at radius 3 is 1.92 bits per heavy atom. The molecule has 0 bridgehead atoms. The smallest absolute Gasteiger partial charge is 0.305 e. The summed E-state index contributed by atoms with van der Waals surface area (Å²) < 4.78 is 5.31. The molecular weight excluding hydrogens is 492 g/mol. The van der Waals surface area contributed by atoms with Crippen LogP contribution in [0.1, 0.15) is 59.2 Å². The van der Waals surface area contributed by atoms with Crippen LogP contribution in [-0.4, -0.2) is 42.4 Å². The van der Waals surface area contributed by atoms with E-state index in [0.29, 0.717) is 37.0 Å². The fourth-order valence-corrected chi connectivity index (χ4v) is 5.94. The Kier molecular flexibility index (Phi) is 6.85. The third-order valence-electron chi connectivity index (χ3n) is 7.78. The lowest BCUT2D eigenvalue weighted by Gasteiger charge is -2.28. The average molecular weight is 523 g/mol. The second-order valence-corrected chi connectivity index (χ2v) is 10.2. The molecule has 5 aromatic carbocycles. The number of benzene rings is 5. The molecular formula is C32H30N2O5. The molecule has 0 aliphatic carbocycles. The van der Waals surface area contributed by atoms with Crippen molar-refractivity contribution in [2.24, 2.45) is 5.90 Å². The van der Waals surface area contributed by atoms with Gasteiger partial charge in [-0.2, -0.15) is 0 Å². The normalized spacial score (nSPS) is 13.4. The topological polar surface area (TPSA) is 98.9 Å². The van der Waals surface area contributed by atoms with Gasteiger partial charge in [-0.3, -0.25) is 19.3 Å². The Hall–Kier alpha value is -4.07. The highest BCUT2D eigenvalue weighted by atomic mass is 16.6. The minimum atomic E-state index is -0.272. The number of nitrogens with two attached hydrogens (primary N) is 1. The van der Waals surface area contributed by atoms with Crippen LogP contribution in [0, 0.1) is 0 Å². The SMILES string of the molecule is NOCCCCCC(=O)OCCCCN1C(=O)c2ccc3c4cccc5cccc(c6ccc(c2c36)C1=O)c54. The summed E-state index contributed by atoms with van der Waals surface area (Å²) in [5, 5.41) is 8.45. The zero-order valence-electron chi connectivity index (χ0n) is 21.7. The van der Waals surface area contributed by atoms with Gasteiger partial charge < -0.3 is 9.57 Å². The van der Waals surface area contributed by atoms with Crippen molar-refractivity contribution in [3.8, 4) is 0 Å². The fourth-order valence-electron chi connectivity index (χ4n) is 5.94. The number of nitrogens with zero attached hydrogens (tertiary/aromatic N) is 1. The van der Waals surface area contributed by atoms with Gasteiger partial charge in [0, 0.05) is 29.5 Å². The van der Waals surface area contributed by atoms with Crippen molar-refractivity contribution in [1.82, 2.24) is 4.90 Å². The van der Waals surface area contributed by atoms with E-state index in [2.05, 4.69) is 41.2 Å². The molecule has 0 saturated carbocycles. The zero-order chi connectivity index (χ0) is 26.9. The second kappa shape index (κ2) is 10.6. The number of unbranched alkanes of at least 4 members (excludes halogenated alkanes) is 3. The van der Waals surface area contributed by atoms with Crippen molar-refractivity contribution in [3.63, 3.8) is 0 Å². The van der Waals surface area contributed by atoms with Gasteiger partial charge in [0.2, 0.25) is 0 Å². The molecule has 0 aromatic heterocycles. The molecule has 5 aromatic rings. The van der Waals surface area contributed by atoms with E-state index < -0.39 is 0 Å². The number of hydrogen-bond acceptors (Lipinski definition) is 6. The average Bonchev–Trinajstić information content (AvgIpc) is 2.96. The van der Waals surface area contributed by atoms with E-state index in [4.69, 9.17) is 10.6 Å². The predicted molar refractivity (Wildman–Crippen MR) is 152 cm³/mol. The van der Waals surface area contributed by atoms with Crippen LogP contribution in [0.15, 0.2) is 60.7 Å². The maximum atomic E-state index is 13.5. The Bertz CT molecular complexity index is 1630. The largest absolute Gasteiger partial charge is 0.466 e. The number of amides is 2. The highest BCUT2D eigenvalue weighted by molar-refractivity contribution is 6.38. The first kappa shape index (κ1) is 25.2. The van der Waals surface area contributed by atoms with Crippen molar-refractivity contribution in [2.75, 3.05) is 19.8 Å². The van der Waals surface area contributed by atoms with Crippen LogP contribution >= 0.6 is 0 Å². The highest BCUT2D eigenvalue weighted by Crippen LogP contribution is 2.43. The monoisotopic (exact) mass is 522 g/mol. The Morgan fingerprint density at radius 1 is 0.667 bits per heavy atom. The van der Waals surface area contributed by atoms with Gasteiger partial charge in [-0.25, -0.2) is 5.90 Å². The highest BCUT2D eigenvalue weighted by Gasteiger charge is 2.33. The van der Waals surface area contributed by atoms with Gasteiger partial charge in [0.15, 0.2) is 0 Å².